The minimum Gasteiger partial charge on any atom is -0.378 e. The first kappa shape index (κ1) is 19.4. The minimum atomic E-state index is -0.441. The summed E-state index contributed by atoms with van der Waals surface area (Å²) < 4.78 is 19.2. The lowest BCUT2D eigenvalue weighted by Gasteiger charge is -2.35. The van der Waals surface area contributed by atoms with E-state index in [1.165, 1.54) is 6.07 Å². The molecule has 0 atom stereocenters. The zero-order valence-electron chi connectivity index (χ0n) is 16.5. The number of rotatable bonds is 3. The van der Waals surface area contributed by atoms with E-state index in [1.54, 1.807) is 23.1 Å². The van der Waals surface area contributed by atoms with Gasteiger partial charge in [-0.15, -0.1) is 0 Å². The molecule has 2 aromatic rings. The smallest absolute Gasteiger partial charge is 0.322 e. The summed E-state index contributed by atoms with van der Waals surface area (Å²) in [4.78, 5) is 27.8. The molecular weight excluding hydrogens is 375 g/mol. The summed E-state index contributed by atoms with van der Waals surface area (Å²) in [7, 11) is 0. The van der Waals surface area contributed by atoms with Crippen LogP contribution in [0, 0.1) is 12.7 Å². The zero-order valence-corrected chi connectivity index (χ0v) is 16.5. The van der Waals surface area contributed by atoms with Crippen LogP contribution in [0.25, 0.3) is 0 Å². The quantitative estimate of drug-likeness (QED) is 0.851. The van der Waals surface area contributed by atoms with Gasteiger partial charge in [0.2, 0.25) is 5.95 Å². The van der Waals surface area contributed by atoms with Crippen molar-refractivity contribution in [3.05, 3.63) is 41.8 Å². The van der Waals surface area contributed by atoms with Crippen LogP contribution in [0.15, 0.2) is 30.3 Å². The van der Waals surface area contributed by atoms with Gasteiger partial charge < -0.3 is 24.8 Å². The molecule has 3 heterocycles. The number of carbonyl (C=O) groups is 1. The fourth-order valence-electron chi connectivity index (χ4n) is 3.50. The number of urea groups is 1. The number of aromatic nitrogens is 2. The van der Waals surface area contributed by atoms with Crippen LogP contribution in [-0.4, -0.2) is 73.4 Å². The number of nitrogens with zero attached hydrogens (tertiary/aromatic N) is 5. The highest BCUT2D eigenvalue weighted by Gasteiger charge is 2.24. The van der Waals surface area contributed by atoms with Crippen molar-refractivity contribution in [2.75, 3.05) is 67.6 Å². The molecule has 0 saturated carbocycles. The average molecular weight is 400 g/mol. The normalized spacial score (nSPS) is 17.4. The number of ether oxygens (including phenoxy) is 1. The molecule has 9 heteroatoms. The molecule has 0 unspecified atom stereocenters. The van der Waals surface area contributed by atoms with Gasteiger partial charge in [0.05, 0.1) is 18.9 Å². The Labute approximate surface area is 169 Å². The van der Waals surface area contributed by atoms with Crippen LogP contribution in [0.5, 0.6) is 0 Å². The molecule has 0 spiro atoms. The van der Waals surface area contributed by atoms with Crippen LogP contribution in [0.4, 0.5) is 26.6 Å². The highest BCUT2D eigenvalue weighted by atomic mass is 19.1. The van der Waals surface area contributed by atoms with Gasteiger partial charge in [-0.2, -0.15) is 4.98 Å². The first-order valence-corrected chi connectivity index (χ1v) is 9.84. The lowest BCUT2D eigenvalue weighted by Crippen LogP contribution is -2.50. The summed E-state index contributed by atoms with van der Waals surface area (Å²) in [6.45, 7) is 7.29. The van der Waals surface area contributed by atoms with Gasteiger partial charge >= 0.3 is 6.03 Å². The molecule has 2 fully saturated rings. The highest BCUT2D eigenvalue weighted by molar-refractivity contribution is 5.89. The fraction of sp³-hybridized carbons (Fsp3) is 0.450. The molecule has 8 nitrogen and oxygen atoms in total. The van der Waals surface area contributed by atoms with E-state index in [9.17, 15) is 9.18 Å². The SMILES string of the molecule is Cc1cc(N2CCOCC2)nc(N2CCN(C(=O)Nc3ccccc3F)CC2)n1. The molecule has 29 heavy (non-hydrogen) atoms. The molecule has 2 aliphatic heterocycles. The molecule has 1 aromatic carbocycles. The van der Waals surface area contributed by atoms with Crippen molar-refractivity contribution in [3.8, 4) is 0 Å². The molecule has 2 amide bonds. The van der Waals surface area contributed by atoms with Crippen LogP contribution in [0.2, 0.25) is 0 Å². The number of morpholine rings is 1. The summed E-state index contributed by atoms with van der Waals surface area (Å²) in [5, 5.41) is 2.64. The van der Waals surface area contributed by atoms with E-state index in [-0.39, 0.29) is 11.7 Å². The Hall–Kier alpha value is -2.94. The van der Waals surface area contributed by atoms with Crippen molar-refractivity contribution in [2.45, 2.75) is 6.92 Å². The number of amides is 2. The summed E-state index contributed by atoms with van der Waals surface area (Å²) >= 11 is 0. The van der Waals surface area contributed by atoms with Crippen LogP contribution in [0.3, 0.4) is 0 Å². The van der Waals surface area contributed by atoms with E-state index < -0.39 is 5.82 Å². The van der Waals surface area contributed by atoms with E-state index in [0.717, 1.165) is 24.6 Å². The lowest BCUT2D eigenvalue weighted by molar-refractivity contribution is 0.122. The first-order chi connectivity index (χ1) is 14.1. The number of aryl methyl sites for hydroxylation is 1. The number of anilines is 3. The van der Waals surface area contributed by atoms with Crippen LogP contribution >= 0.6 is 0 Å². The van der Waals surface area contributed by atoms with Crippen molar-refractivity contribution in [3.63, 3.8) is 0 Å². The topological polar surface area (TPSA) is 73.8 Å². The number of piperazine rings is 1. The third-order valence-electron chi connectivity index (χ3n) is 5.13. The molecule has 2 saturated heterocycles. The number of hydrogen-bond acceptors (Lipinski definition) is 6. The van der Waals surface area contributed by atoms with Crippen molar-refractivity contribution in [2.24, 2.45) is 0 Å². The predicted octanol–water partition coefficient (Wildman–Crippen LogP) is 2.11. The Balaban J connectivity index is 1.38. The number of para-hydroxylation sites is 1. The Morgan fingerprint density at radius 2 is 1.76 bits per heavy atom. The molecule has 0 bridgehead atoms. The summed E-state index contributed by atoms with van der Waals surface area (Å²) in [5.41, 5.74) is 1.10. The number of benzene rings is 1. The van der Waals surface area contributed by atoms with Gasteiger partial charge in [-0.1, -0.05) is 12.1 Å². The number of hydrogen-bond donors (Lipinski definition) is 1. The third-order valence-corrected chi connectivity index (χ3v) is 5.13. The van der Waals surface area contributed by atoms with E-state index in [4.69, 9.17) is 9.72 Å². The lowest BCUT2D eigenvalue weighted by atomic mass is 10.3. The first-order valence-electron chi connectivity index (χ1n) is 9.84. The molecule has 154 valence electrons. The number of nitrogens with one attached hydrogen (secondary N) is 1. The second-order valence-electron chi connectivity index (χ2n) is 7.15. The van der Waals surface area contributed by atoms with Gasteiger partial charge in [-0.05, 0) is 19.1 Å². The Bertz CT molecular complexity index is 866. The molecule has 4 rings (SSSR count). The van der Waals surface area contributed by atoms with E-state index in [1.807, 2.05) is 13.0 Å². The summed E-state index contributed by atoms with van der Waals surface area (Å²) in [6.07, 6.45) is 0. The van der Waals surface area contributed by atoms with Crippen molar-refractivity contribution >= 4 is 23.5 Å². The Kier molecular flexibility index (Phi) is 5.75. The van der Waals surface area contributed by atoms with Gasteiger partial charge in [0, 0.05) is 51.0 Å². The van der Waals surface area contributed by atoms with Crippen molar-refractivity contribution in [1.82, 2.24) is 14.9 Å². The highest BCUT2D eigenvalue weighted by Crippen LogP contribution is 2.20. The average Bonchev–Trinajstić information content (AvgIpc) is 2.75. The van der Waals surface area contributed by atoms with Crippen molar-refractivity contribution in [1.29, 1.82) is 0 Å². The summed E-state index contributed by atoms with van der Waals surface area (Å²) in [5.74, 6) is 1.15. The second-order valence-corrected chi connectivity index (χ2v) is 7.15. The van der Waals surface area contributed by atoms with Crippen LogP contribution in [0.1, 0.15) is 5.69 Å². The number of halogens is 1. The monoisotopic (exact) mass is 400 g/mol. The summed E-state index contributed by atoms with van der Waals surface area (Å²) in [6, 6.07) is 7.86. The van der Waals surface area contributed by atoms with E-state index in [2.05, 4.69) is 20.1 Å². The fourth-order valence-corrected chi connectivity index (χ4v) is 3.50. The maximum atomic E-state index is 13.8. The van der Waals surface area contributed by atoms with Gasteiger partial charge in [-0.3, -0.25) is 0 Å². The Morgan fingerprint density at radius 1 is 1.03 bits per heavy atom. The third kappa shape index (κ3) is 4.56. The molecule has 0 aliphatic carbocycles. The van der Waals surface area contributed by atoms with Gasteiger partial charge in [0.25, 0.3) is 0 Å². The van der Waals surface area contributed by atoms with Crippen molar-refractivity contribution < 1.29 is 13.9 Å². The standard InChI is InChI=1S/C20H25FN6O2/c1-15-14-18(25-10-12-29-13-11-25)24-19(22-15)26-6-8-27(9-7-26)20(28)23-17-5-3-2-4-16(17)21/h2-5,14H,6-13H2,1H3,(H,23,28). The largest absolute Gasteiger partial charge is 0.378 e. The molecular formula is C20H25FN6O2. The van der Waals surface area contributed by atoms with Crippen LogP contribution in [-0.2, 0) is 4.74 Å². The maximum absolute atomic E-state index is 13.8. The minimum absolute atomic E-state index is 0.192. The van der Waals surface area contributed by atoms with E-state index >= 15 is 0 Å². The molecule has 0 radical (unpaired) electrons. The van der Waals surface area contributed by atoms with Gasteiger partial charge in [0.15, 0.2) is 0 Å². The Morgan fingerprint density at radius 3 is 2.48 bits per heavy atom. The van der Waals surface area contributed by atoms with Crippen LogP contribution < -0.4 is 15.1 Å². The predicted molar refractivity (Wildman–Crippen MR) is 109 cm³/mol. The zero-order chi connectivity index (χ0) is 20.2. The second kappa shape index (κ2) is 8.60. The molecule has 1 N–H and O–H groups in total. The maximum Gasteiger partial charge on any atom is 0.322 e. The molecule has 1 aromatic heterocycles. The number of carbonyl (C=O) groups excluding carboxylic acids is 1. The van der Waals surface area contributed by atoms with Gasteiger partial charge in [-0.25, -0.2) is 14.2 Å². The van der Waals surface area contributed by atoms with E-state index in [0.29, 0.717) is 45.3 Å². The van der Waals surface area contributed by atoms with Gasteiger partial charge in [0.1, 0.15) is 11.6 Å². The molecule has 2 aliphatic rings.